The van der Waals surface area contributed by atoms with Gasteiger partial charge in [-0.3, -0.25) is 10.1 Å². The van der Waals surface area contributed by atoms with Crippen molar-refractivity contribution in [1.82, 2.24) is 5.32 Å². The molecule has 1 heterocycles. The lowest BCUT2D eigenvalue weighted by molar-refractivity contribution is 0.0977. The van der Waals surface area contributed by atoms with Crippen molar-refractivity contribution < 1.29 is 4.79 Å². The minimum absolute atomic E-state index is 0.227. The smallest absolute Gasteiger partial charge is 0.257 e. The van der Waals surface area contributed by atoms with E-state index < -0.39 is 0 Å². The SMILES string of the molecule is Cc1cc(C)cc(C(=O)NC(=S)Nc2ccc(N3CCCCC3)c(Cl)c2)c1. The van der Waals surface area contributed by atoms with E-state index in [1.165, 1.54) is 19.3 Å². The van der Waals surface area contributed by atoms with Gasteiger partial charge in [-0.25, -0.2) is 0 Å². The molecule has 0 aliphatic carbocycles. The first kappa shape index (κ1) is 19.6. The van der Waals surface area contributed by atoms with Crippen LogP contribution >= 0.6 is 23.8 Å². The molecule has 0 unspecified atom stereocenters. The number of nitrogens with zero attached hydrogens (tertiary/aromatic N) is 1. The van der Waals surface area contributed by atoms with E-state index in [9.17, 15) is 4.79 Å². The minimum Gasteiger partial charge on any atom is -0.370 e. The average molecular weight is 402 g/mol. The van der Waals surface area contributed by atoms with Gasteiger partial charge in [0.25, 0.3) is 5.91 Å². The van der Waals surface area contributed by atoms with Gasteiger partial charge >= 0.3 is 0 Å². The molecular formula is C21H24ClN3OS. The second-order valence-corrected chi connectivity index (χ2v) is 7.81. The van der Waals surface area contributed by atoms with Crippen LogP contribution in [0.5, 0.6) is 0 Å². The number of carbonyl (C=O) groups is 1. The van der Waals surface area contributed by atoms with Gasteiger partial charge in [0.05, 0.1) is 10.7 Å². The maximum absolute atomic E-state index is 12.4. The number of benzene rings is 2. The van der Waals surface area contributed by atoms with Crippen molar-refractivity contribution in [2.75, 3.05) is 23.3 Å². The van der Waals surface area contributed by atoms with Crippen LogP contribution in [0.3, 0.4) is 0 Å². The van der Waals surface area contributed by atoms with Crippen LogP contribution in [0.2, 0.25) is 5.02 Å². The van der Waals surface area contributed by atoms with Crippen molar-refractivity contribution in [1.29, 1.82) is 0 Å². The molecule has 2 aromatic carbocycles. The second-order valence-electron chi connectivity index (χ2n) is 7.00. The molecule has 142 valence electrons. The molecule has 3 rings (SSSR count). The Labute approximate surface area is 170 Å². The number of halogens is 1. The molecule has 1 aliphatic rings. The van der Waals surface area contributed by atoms with Crippen molar-refractivity contribution in [2.24, 2.45) is 0 Å². The van der Waals surface area contributed by atoms with Gasteiger partial charge in [-0.1, -0.05) is 28.8 Å². The zero-order chi connectivity index (χ0) is 19.4. The van der Waals surface area contributed by atoms with Gasteiger partial charge in [0.2, 0.25) is 0 Å². The van der Waals surface area contributed by atoms with Crippen molar-refractivity contribution >= 4 is 46.2 Å². The Morgan fingerprint density at radius 3 is 2.33 bits per heavy atom. The normalized spacial score (nSPS) is 14.0. The van der Waals surface area contributed by atoms with Gasteiger partial charge in [0.1, 0.15) is 0 Å². The summed E-state index contributed by atoms with van der Waals surface area (Å²) in [6.45, 7) is 6.01. The molecule has 27 heavy (non-hydrogen) atoms. The quantitative estimate of drug-likeness (QED) is 0.704. The molecule has 1 fully saturated rings. The lowest BCUT2D eigenvalue weighted by atomic mass is 10.1. The first-order chi connectivity index (χ1) is 12.9. The van der Waals surface area contributed by atoms with Crippen molar-refractivity contribution in [3.63, 3.8) is 0 Å². The van der Waals surface area contributed by atoms with Crippen LogP contribution in [0.15, 0.2) is 36.4 Å². The van der Waals surface area contributed by atoms with E-state index in [2.05, 4.69) is 15.5 Å². The Balaban J connectivity index is 1.63. The molecule has 2 N–H and O–H groups in total. The monoisotopic (exact) mass is 401 g/mol. The molecule has 1 amide bonds. The summed E-state index contributed by atoms with van der Waals surface area (Å²) in [4.78, 5) is 14.7. The highest BCUT2D eigenvalue weighted by Crippen LogP contribution is 2.30. The Morgan fingerprint density at radius 1 is 1.04 bits per heavy atom. The zero-order valence-electron chi connectivity index (χ0n) is 15.6. The van der Waals surface area contributed by atoms with Gasteiger partial charge in [-0.05, 0) is 75.7 Å². The van der Waals surface area contributed by atoms with Crippen molar-refractivity contribution in [2.45, 2.75) is 33.1 Å². The number of hydrogen-bond acceptors (Lipinski definition) is 3. The highest BCUT2D eigenvalue weighted by molar-refractivity contribution is 7.80. The summed E-state index contributed by atoms with van der Waals surface area (Å²) < 4.78 is 0. The van der Waals surface area contributed by atoms with Crippen LogP contribution in [-0.4, -0.2) is 24.1 Å². The molecule has 1 saturated heterocycles. The van der Waals surface area contributed by atoms with Crippen LogP contribution < -0.4 is 15.5 Å². The summed E-state index contributed by atoms with van der Waals surface area (Å²) in [7, 11) is 0. The average Bonchev–Trinajstić information content (AvgIpc) is 2.61. The van der Waals surface area contributed by atoms with Gasteiger partial charge in [-0.15, -0.1) is 0 Å². The molecule has 4 nitrogen and oxygen atoms in total. The number of piperidine rings is 1. The summed E-state index contributed by atoms with van der Waals surface area (Å²) in [5.74, 6) is -0.227. The number of nitrogens with one attached hydrogen (secondary N) is 2. The van der Waals surface area contributed by atoms with E-state index >= 15 is 0 Å². The van der Waals surface area contributed by atoms with Crippen LogP contribution in [0.1, 0.15) is 40.7 Å². The first-order valence-corrected chi connectivity index (χ1v) is 9.96. The predicted molar refractivity (Wildman–Crippen MR) is 117 cm³/mol. The van der Waals surface area contributed by atoms with Gasteiger partial charge < -0.3 is 10.2 Å². The lowest BCUT2D eigenvalue weighted by Crippen LogP contribution is -2.34. The second kappa shape index (κ2) is 8.72. The standard InChI is InChI=1S/C21H24ClN3OS/c1-14-10-15(2)12-16(11-14)20(26)24-21(27)23-17-6-7-19(18(22)13-17)25-8-4-3-5-9-25/h6-7,10-13H,3-5,8-9H2,1-2H3,(H2,23,24,26,27). The Morgan fingerprint density at radius 2 is 1.70 bits per heavy atom. The van der Waals surface area contributed by atoms with Crippen LogP contribution in [0, 0.1) is 13.8 Å². The molecule has 2 aromatic rings. The highest BCUT2D eigenvalue weighted by Gasteiger charge is 2.15. The molecule has 0 atom stereocenters. The Hall–Kier alpha value is -2.11. The molecular weight excluding hydrogens is 378 g/mol. The van der Waals surface area contributed by atoms with Crippen molar-refractivity contribution in [3.8, 4) is 0 Å². The molecule has 0 spiro atoms. The molecule has 0 aromatic heterocycles. The summed E-state index contributed by atoms with van der Waals surface area (Å²) in [6.07, 6.45) is 3.68. The number of rotatable bonds is 3. The number of thiocarbonyl (C=S) groups is 1. The first-order valence-electron chi connectivity index (χ1n) is 9.17. The number of anilines is 2. The lowest BCUT2D eigenvalue weighted by Gasteiger charge is -2.29. The fourth-order valence-corrected chi connectivity index (χ4v) is 3.93. The third-order valence-electron chi connectivity index (χ3n) is 4.61. The maximum Gasteiger partial charge on any atom is 0.257 e. The van der Waals surface area contributed by atoms with Gasteiger partial charge in [0.15, 0.2) is 5.11 Å². The molecule has 1 aliphatic heterocycles. The Kier molecular flexibility index (Phi) is 6.34. The van der Waals surface area contributed by atoms with Crippen LogP contribution in [0.25, 0.3) is 0 Å². The number of hydrogen-bond donors (Lipinski definition) is 2. The number of aryl methyl sites for hydroxylation is 2. The molecule has 6 heteroatoms. The topological polar surface area (TPSA) is 44.4 Å². The Bertz CT molecular complexity index is 842. The number of amides is 1. The van der Waals surface area contributed by atoms with Gasteiger partial charge in [0, 0.05) is 24.3 Å². The summed E-state index contributed by atoms with van der Waals surface area (Å²) >= 11 is 11.8. The van der Waals surface area contributed by atoms with E-state index in [1.54, 1.807) is 0 Å². The van der Waals surface area contributed by atoms with Crippen LogP contribution in [0.4, 0.5) is 11.4 Å². The van der Waals surface area contributed by atoms with Gasteiger partial charge in [-0.2, -0.15) is 0 Å². The predicted octanol–water partition coefficient (Wildman–Crippen LogP) is 5.07. The third kappa shape index (κ3) is 5.21. The summed E-state index contributed by atoms with van der Waals surface area (Å²) in [6, 6.07) is 11.5. The van der Waals surface area contributed by atoms with E-state index in [4.69, 9.17) is 23.8 Å². The number of carbonyl (C=O) groups excluding carboxylic acids is 1. The third-order valence-corrected chi connectivity index (χ3v) is 5.12. The summed E-state index contributed by atoms with van der Waals surface area (Å²) in [5, 5.41) is 6.70. The maximum atomic E-state index is 12.4. The van der Waals surface area contributed by atoms with E-state index in [0.29, 0.717) is 10.6 Å². The molecule has 0 saturated carbocycles. The van der Waals surface area contributed by atoms with Crippen molar-refractivity contribution in [3.05, 3.63) is 58.1 Å². The summed E-state index contributed by atoms with van der Waals surface area (Å²) in [5.41, 5.74) is 4.48. The largest absolute Gasteiger partial charge is 0.370 e. The molecule has 0 bridgehead atoms. The van der Waals surface area contributed by atoms with E-state index in [0.717, 1.165) is 35.6 Å². The van der Waals surface area contributed by atoms with Crippen LogP contribution in [-0.2, 0) is 0 Å². The zero-order valence-corrected chi connectivity index (χ0v) is 17.2. The fourth-order valence-electron chi connectivity index (χ4n) is 3.42. The van der Waals surface area contributed by atoms with E-state index in [-0.39, 0.29) is 11.0 Å². The highest BCUT2D eigenvalue weighted by atomic mass is 35.5. The fraction of sp³-hybridized carbons (Fsp3) is 0.333. The minimum atomic E-state index is -0.227. The van der Waals surface area contributed by atoms with E-state index in [1.807, 2.05) is 50.2 Å². The molecule has 0 radical (unpaired) electrons.